The maximum Gasteiger partial charge on any atom is 0.0487 e. The average molecular weight is 331 g/mol. The van der Waals surface area contributed by atoms with Crippen LogP contribution in [0, 0.1) is 0 Å². The van der Waals surface area contributed by atoms with E-state index >= 15 is 0 Å². The maximum absolute atomic E-state index is 3.57. The third kappa shape index (κ3) is 2.83. The van der Waals surface area contributed by atoms with Crippen molar-refractivity contribution in [3.8, 4) is 0 Å². The van der Waals surface area contributed by atoms with E-state index in [1.54, 1.807) is 0 Å². The van der Waals surface area contributed by atoms with Gasteiger partial charge in [0.15, 0.2) is 0 Å². The molecule has 0 saturated carbocycles. The number of nitrogens with one attached hydrogen (secondary N) is 1. The average Bonchev–Trinajstić information content (AvgIpc) is 2.46. The Balaban J connectivity index is 1.74. The van der Waals surface area contributed by atoms with Crippen molar-refractivity contribution in [2.24, 2.45) is 0 Å². The topological polar surface area (TPSA) is 15.3 Å². The zero-order valence-corrected chi connectivity index (χ0v) is 13.3. The highest BCUT2D eigenvalue weighted by Gasteiger charge is 2.13. The molecule has 0 saturated heterocycles. The van der Waals surface area contributed by atoms with Gasteiger partial charge in [0.05, 0.1) is 0 Å². The van der Waals surface area contributed by atoms with Gasteiger partial charge in [-0.3, -0.25) is 0 Å². The highest BCUT2D eigenvalue weighted by Crippen LogP contribution is 2.27. The Morgan fingerprint density at radius 3 is 2.90 bits per heavy atom. The monoisotopic (exact) mass is 330 g/mol. The standard InChI is InChI=1S/C17H19BrN2/c1-20-10-4-5-14-11-13(8-9-17(14)20)12-19-16-7-3-2-6-15(16)18/h2-3,6-9,11,19H,4-5,10,12H2,1H3. The van der Waals surface area contributed by atoms with Gasteiger partial charge in [0.1, 0.15) is 0 Å². The molecule has 1 aliphatic heterocycles. The van der Waals surface area contributed by atoms with Gasteiger partial charge >= 0.3 is 0 Å². The molecule has 20 heavy (non-hydrogen) atoms. The molecule has 2 nitrogen and oxygen atoms in total. The van der Waals surface area contributed by atoms with Crippen LogP contribution in [0.4, 0.5) is 11.4 Å². The molecule has 1 aliphatic rings. The molecule has 0 spiro atoms. The van der Waals surface area contributed by atoms with E-state index in [9.17, 15) is 0 Å². The Morgan fingerprint density at radius 1 is 1.20 bits per heavy atom. The fraction of sp³-hybridized carbons (Fsp3) is 0.294. The Kier molecular flexibility index (Phi) is 3.97. The molecule has 104 valence electrons. The van der Waals surface area contributed by atoms with Crippen LogP contribution in [0.2, 0.25) is 0 Å². The third-order valence-electron chi connectivity index (χ3n) is 3.85. The van der Waals surface area contributed by atoms with Gasteiger partial charge in [-0.15, -0.1) is 0 Å². The van der Waals surface area contributed by atoms with Crippen molar-refractivity contribution in [2.45, 2.75) is 19.4 Å². The summed E-state index contributed by atoms with van der Waals surface area (Å²) in [6, 6.07) is 15.1. The summed E-state index contributed by atoms with van der Waals surface area (Å²) in [5.41, 5.74) is 5.35. The van der Waals surface area contributed by atoms with E-state index < -0.39 is 0 Å². The fourth-order valence-electron chi connectivity index (χ4n) is 2.75. The van der Waals surface area contributed by atoms with Crippen LogP contribution in [0.1, 0.15) is 17.5 Å². The first kappa shape index (κ1) is 13.5. The first-order valence-corrected chi connectivity index (χ1v) is 7.85. The Morgan fingerprint density at radius 2 is 2.05 bits per heavy atom. The van der Waals surface area contributed by atoms with E-state index in [2.05, 4.69) is 69.6 Å². The largest absolute Gasteiger partial charge is 0.380 e. The molecule has 1 N–H and O–H groups in total. The third-order valence-corrected chi connectivity index (χ3v) is 4.54. The van der Waals surface area contributed by atoms with Gasteiger partial charge in [-0.2, -0.15) is 0 Å². The van der Waals surface area contributed by atoms with Gasteiger partial charge in [-0.25, -0.2) is 0 Å². The number of halogens is 1. The highest BCUT2D eigenvalue weighted by molar-refractivity contribution is 9.10. The summed E-state index contributed by atoms with van der Waals surface area (Å²) in [7, 11) is 2.18. The van der Waals surface area contributed by atoms with Crippen LogP contribution in [0.25, 0.3) is 0 Å². The van der Waals surface area contributed by atoms with E-state index in [1.165, 1.54) is 36.2 Å². The van der Waals surface area contributed by atoms with Crippen LogP contribution >= 0.6 is 15.9 Å². The minimum atomic E-state index is 0.861. The van der Waals surface area contributed by atoms with Gasteiger partial charge in [0, 0.05) is 36.0 Å². The first-order chi connectivity index (χ1) is 9.74. The molecule has 0 bridgehead atoms. The predicted octanol–water partition coefficient (Wildman–Crippen LogP) is 4.44. The molecule has 0 aromatic heterocycles. The molecular formula is C17H19BrN2. The molecule has 0 radical (unpaired) electrons. The molecule has 0 unspecified atom stereocenters. The summed E-state index contributed by atoms with van der Waals surface area (Å²) >= 11 is 3.57. The van der Waals surface area contributed by atoms with Crippen LogP contribution in [-0.2, 0) is 13.0 Å². The number of anilines is 2. The van der Waals surface area contributed by atoms with Crippen LogP contribution in [0.15, 0.2) is 46.9 Å². The van der Waals surface area contributed by atoms with Crippen molar-refractivity contribution >= 4 is 27.3 Å². The molecular weight excluding hydrogens is 312 g/mol. The van der Waals surface area contributed by atoms with Gasteiger partial charge < -0.3 is 10.2 Å². The van der Waals surface area contributed by atoms with Crippen molar-refractivity contribution in [3.05, 3.63) is 58.1 Å². The Labute approximate surface area is 128 Å². The lowest BCUT2D eigenvalue weighted by Gasteiger charge is -2.27. The lowest BCUT2D eigenvalue weighted by Crippen LogP contribution is -2.24. The van der Waals surface area contributed by atoms with Gasteiger partial charge in [0.2, 0.25) is 0 Å². The molecule has 1 heterocycles. The summed E-state index contributed by atoms with van der Waals surface area (Å²) in [6.45, 7) is 2.03. The summed E-state index contributed by atoms with van der Waals surface area (Å²) in [6.07, 6.45) is 2.45. The number of hydrogen-bond acceptors (Lipinski definition) is 2. The van der Waals surface area contributed by atoms with Crippen LogP contribution in [0.3, 0.4) is 0 Å². The van der Waals surface area contributed by atoms with E-state index in [0.717, 1.165) is 16.7 Å². The lowest BCUT2D eigenvalue weighted by molar-refractivity contribution is 0.743. The minimum absolute atomic E-state index is 0.861. The molecule has 0 atom stereocenters. The number of hydrogen-bond donors (Lipinski definition) is 1. The predicted molar refractivity (Wildman–Crippen MR) is 89.5 cm³/mol. The number of para-hydroxylation sites is 1. The minimum Gasteiger partial charge on any atom is -0.380 e. The normalized spacial score (nSPS) is 14.0. The molecule has 0 fully saturated rings. The van der Waals surface area contributed by atoms with Crippen molar-refractivity contribution in [1.82, 2.24) is 0 Å². The Hall–Kier alpha value is -1.48. The highest BCUT2D eigenvalue weighted by atomic mass is 79.9. The van der Waals surface area contributed by atoms with Crippen molar-refractivity contribution in [3.63, 3.8) is 0 Å². The second kappa shape index (κ2) is 5.88. The fourth-order valence-corrected chi connectivity index (χ4v) is 3.18. The molecule has 3 rings (SSSR count). The number of rotatable bonds is 3. The number of aryl methyl sites for hydroxylation is 1. The number of benzene rings is 2. The van der Waals surface area contributed by atoms with E-state index in [1.807, 2.05) is 6.07 Å². The van der Waals surface area contributed by atoms with E-state index in [0.29, 0.717) is 0 Å². The van der Waals surface area contributed by atoms with Gasteiger partial charge in [0.25, 0.3) is 0 Å². The van der Waals surface area contributed by atoms with Crippen LogP contribution in [0.5, 0.6) is 0 Å². The SMILES string of the molecule is CN1CCCc2cc(CNc3ccccc3Br)ccc21. The van der Waals surface area contributed by atoms with Crippen LogP contribution < -0.4 is 10.2 Å². The molecule has 2 aromatic rings. The van der Waals surface area contributed by atoms with E-state index in [-0.39, 0.29) is 0 Å². The van der Waals surface area contributed by atoms with E-state index in [4.69, 9.17) is 0 Å². The maximum atomic E-state index is 3.57. The van der Waals surface area contributed by atoms with Gasteiger partial charge in [-0.1, -0.05) is 24.3 Å². The molecule has 2 aromatic carbocycles. The van der Waals surface area contributed by atoms with Crippen molar-refractivity contribution < 1.29 is 0 Å². The van der Waals surface area contributed by atoms with Crippen molar-refractivity contribution in [1.29, 1.82) is 0 Å². The quantitative estimate of drug-likeness (QED) is 0.894. The second-order valence-corrected chi connectivity index (χ2v) is 6.18. The van der Waals surface area contributed by atoms with Crippen molar-refractivity contribution in [2.75, 3.05) is 23.8 Å². The molecule has 3 heteroatoms. The molecule has 0 amide bonds. The van der Waals surface area contributed by atoms with Crippen LogP contribution in [-0.4, -0.2) is 13.6 Å². The number of nitrogens with zero attached hydrogens (tertiary/aromatic N) is 1. The Bertz CT molecular complexity index is 610. The summed E-state index contributed by atoms with van der Waals surface area (Å²) < 4.78 is 1.11. The summed E-state index contributed by atoms with van der Waals surface area (Å²) in [5.74, 6) is 0. The summed E-state index contributed by atoms with van der Waals surface area (Å²) in [4.78, 5) is 2.35. The summed E-state index contributed by atoms with van der Waals surface area (Å²) in [5, 5.41) is 3.49. The zero-order chi connectivity index (χ0) is 13.9. The smallest absolute Gasteiger partial charge is 0.0487 e. The van der Waals surface area contributed by atoms with Gasteiger partial charge in [-0.05, 0) is 58.1 Å². The second-order valence-electron chi connectivity index (χ2n) is 5.32. The lowest BCUT2D eigenvalue weighted by atomic mass is 9.99. The molecule has 0 aliphatic carbocycles. The zero-order valence-electron chi connectivity index (χ0n) is 11.7. The number of fused-ring (bicyclic) bond motifs is 1. The first-order valence-electron chi connectivity index (χ1n) is 7.05.